The highest BCUT2D eigenvalue weighted by Crippen LogP contribution is 2.22. The van der Waals surface area contributed by atoms with Crippen LogP contribution in [-0.4, -0.2) is 45.3 Å². The molecule has 0 aliphatic carbocycles. The number of nitrogens with two attached hydrogens (primary N) is 1. The zero-order chi connectivity index (χ0) is 13.0. The molecule has 5 heteroatoms. The summed E-state index contributed by atoms with van der Waals surface area (Å²) in [4.78, 5) is 13.6. The second kappa shape index (κ2) is 5.84. The number of primary amides is 1. The van der Waals surface area contributed by atoms with Gasteiger partial charge >= 0.3 is 0 Å². The van der Waals surface area contributed by atoms with Crippen LogP contribution in [0.15, 0.2) is 24.3 Å². The van der Waals surface area contributed by atoms with Gasteiger partial charge in [-0.2, -0.15) is 0 Å². The minimum atomic E-state index is -0.387. The van der Waals surface area contributed by atoms with Gasteiger partial charge in [0.15, 0.2) is 0 Å². The third-order valence-corrected chi connectivity index (χ3v) is 3.08. The second-order valence-corrected chi connectivity index (χ2v) is 4.38. The van der Waals surface area contributed by atoms with E-state index in [4.69, 9.17) is 10.5 Å². The van der Waals surface area contributed by atoms with Gasteiger partial charge in [0.05, 0.1) is 18.3 Å². The van der Waals surface area contributed by atoms with Crippen LogP contribution in [0.1, 0.15) is 10.4 Å². The van der Waals surface area contributed by atoms with Gasteiger partial charge in [0.1, 0.15) is 0 Å². The molecule has 2 rings (SSSR count). The predicted molar refractivity (Wildman–Crippen MR) is 70.8 cm³/mol. The summed E-state index contributed by atoms with van der Waals surface area (Å²) in [6.45, 7) is 3.02. The molecule has 1 amide bonds. The Kier molecular flexibility index (Phi) is 4.17. The third-order valence-electron chi connectivity index (χ3n) is 3.08. The molecule has 1 saturated heterocycles. The molecule has 1 aliphatic rings. The van der Waals surface area contributed by atoms with E-state index in [0.717, 1.165) is 25.3 Å². The molecule has 0 spiro atoms. The number of ether oxygens (including phenoxy) is 1. The lowest BCUT2D eigenvalue weighted by atomic mass is 10.1. The summed E-state index contributed by atoms with van der Waals surface area (Å²) in [5.74, 6) is -0.387. The standard InChI is InChI=1S/C13H19N3O2/c1-15-8-10-9-16(6-7-18-10)12-5-3-2-4-11(12)13(14)17/h2-5,10,15H,6-9H2,1H3,(H2,14,17). The van der Waals surface area contributed by atoms with E-state index in [1.165, 1.54) is 0 Å². The van der Waals surface area contributed by atoms with Gasteiger partial charge in [-0.15, -0.1) is 0 Å². The highest BCUT2D eigenvalue weighted by molar-refractivity contribution is 5.98. The molecule has 0 radical (unpaired) electrons. The maximum absolute atomic E-state index is 11.4. The van der Waals surface area contributed by atoms with Crippen molar-refractivity contribution in [3.05, 3.63) is 29.8 Å². The molecule has 3 N–H and O–H groups in total. The van der Waals surface area contributed by atoms with E-state index in [0.29, 0.717) is 12.2 Å². The molecule has 1 aliphatic heterocycles. The smallest absolute Gasteiger partial charge is 0.250 e. The summed E-state index contributed by atoms with van der Waals surface area (Å²) in [6.07, 6.45) is 0.143. The second-order valence-electron chi connectivity index (χ2n) is 4.38. The SMILES string of the molecule is CNCC1CN(c2ccccc2C(N)=O)CCO1. The molecule has 1 aromatic rings. The monoisotopic (exact) mass is 249 g/mol. The molecule has 1 heterocycles. The molecular weight excluding hydrogens is 230 g/mol. The third kappa shape index (κ3) is 2.80. The highest BCUT2D eigenvalue weighted by Gasteiger charge is 2.22. The summed E-state index contributed by atoms with van der Waals surface area (Å²) in [7, 11) is 1.90. The van der Waals surface area contributed by atoms with Crippen LogP contribution >= 0.6 is 0 Å². The van der Waals surface area contributed by atoms with Gasteiger partial charge in [-0.1, -0.05) is 12.1 Å². The highest BCUT2D eigenvalue weighted by atomic mass is 16.5. The number of morpholine rings is 1. The van der Waals surface area contributed by atoms with E-state index in [-0.39, 0.29) is 12.0 Å². The number of nitrogens with one attached hydrogen (secondary N) is 1. The van der Waals surface area contributed by atoms with Crippen LogP contribution in [0.4, 0.5) is 5.69 Å². The number of hydrogen-bond donors (Lipinski definition) is 2. The predicted octanol–water partition coefficient (Wildman–Crippen LogP) is 0.210. The lowest BCUT2D eigenvalue weighted by molar-refractivity contribution is 0.0421. The minimum Gasteiger partial charge on any atom is -0.373 e. The number of amides is 1. The number of rotatable bonds is 4. The van der Waals surface area contributed by atoms with Crippen molar-refractivity contribution in [1.82, 2.24) is 5.32 Å². The van der Waals surface area contributed by atoms with Gasteiger partial charge in [-0.25, -0.2) is 0 Å². The van der Waals surface area contributed by atoms with Crippen LogP contribution in [0.5, 0.6) is 0 Å². The van der Waals surface area contributed by atoms with E-state index >= 15 is 0 Å². The van der Waals surface area contributed by atoms with Gasteiger partial charge < -0.3 is 20.7 Å². The van der Waals surface area contributed by atoms with Crippen molar-refractivity contribution in [3.63, 3.8) is 0 Å². The Morgan fingerprint density at radius 3 is 3.06 bits per heavy atom. The van der Waals surface area contributed by atoms with E-state index < -0.39 is 0 Å². The first-order chi connectivity index (χ1) is 8.72. The normalized spacial score (nSPS) is 19.8. The number of carbonyl (C=O) groups excluding carboxylic acids is 1. The van der Waals surface area contributed by atoms with Crippen molar-refractivity contribution >= 4 is 11.6 Å². The molecule has 98 valence electrons. The summed E-state index contributed by atoms with van der Waals surface area (Å²) in [5.41, 5.74) is 6.87. The summed E-state index contributed by atoms with van der Waals surface area (Å²) < 4.78 is 5.65. The largest absolute Gasteiger partial charge is 0.373 e. The number of benzene rings is 1. The minimum absolute atomic E-state index is 0.143. The quantitative estimate of drug-likeness (QED) is 0.800. The summed E-state index contributed by atoms with van der Waals surface area (Å²) in [6, 6.07) is 7.45. The number of carbonyl (C=O) groups is 1. The molecule has 0 aromatic heterocycles. The van der Waals surface area contributed by atoms with Crippen LogP contribution in [0.2, 0.25) is 0 Å². The lowest BCUT2D eigenvalue weighted by Crippen LogP contribution is -2.46. The molecule has 0 bridgehead atoms. The van der Waals surface area contributed by atoms with Crippen LogP contribution in [0, 0.1) is 0 Å². The first-order valence-corrected chi connectivity index (χ1v) is 6.12. The van der Waals surface area contributed by atoms with Crippen molar-refractivity contribution in [2.45, 2.75) is 6.10 Å². The van der Waals surface area contributed by atoms with Gasteiger partial charge in [0, 0.05) is 25.3 Å². The van der Waals surface area contributed by atoms with Gasteiger partial charge in [0.25, 0.3) is 5.91 Å². The molecular formula is C13H19N3O2. The zero-order valence-corrected chi connectivity index (χ0v) is 10.6. The van der Waals surface area contributed by atoms with E-state index in [1.807, 2.05) is 25.2 Å². The van der Waals surface area contributed by atoms with E-state index in [2.05, 4.69) is 10.2 Å². The van der Waals surface area contributed by atoms with Crippen molar-refractivity contribution in [1.29, 1.82) is 0 Å². The van der Waals surface area contributed by atoms with Gasteiger partial charge in [0.2, 0.25) is 0 Å². The molecule has 0 saturated carbocycles. The maximum Gasteiger partial charge on any atom is 0.250 e. The fourth-order valence-corrected chi connectivity index (χ4v) is 2.25. The fraction of sp³-hybridized carbons (Fsp3) is 0.462. The fourth-order valence-electron chi connectivity index (χ4n) is 2.25. The van der Waals surface area contributed by atoms with Crippen LogP contribution in [0.25, 0.3) is 0 Å². The number of likely N-dealkylation sites (N-methyl/N-ethyl adjacent to an activating group) is 1. The molecule has 1 aromatic carbocycles. The molecule has 1 atom stereocenters. The average Bonchev–Trinajstić information content (AvgIpc) is 2.39. The Morgan fingerprint density at radius 1 is 1.56 bits per heavy atom. The van der Waals surface area contributed by atoms with Crippen LogP contribution in [-0.2, 0) is 4.74 Å². The topological polar surface area (TPSA) is 67.6 Å². The van der Waals surface area contributed by atoms with Crippen LogP contribution in [0.3, 0.4) is 0 Å². The average molecular weight is 249 g/mol. The van der Waals surface area contributed by atoms with Gasteiger partial charge in [-0.05, 0) is 19.2 Å². The van der Waals surface area contributed by atoms with Crippen molar-refractivity contribution in [2.24, 2.45) is 5.73 Å². The van der Waals surface area contributed by atoms with Gasteiger partial charge in [-0.3, -0.25) is 4.79 Å². The van der Waals surface area contributed by atoms with E-state index in [1.54, 1.807) is 6.07 Å². The Morgan fingerprint density at radius 2 is 2.33 bits per heavy atom. The zero-order valence-electron chi connectivity index (χ0n) is 10.6. The first-order valence-electron chi connectivity index (χ1n) is 6.12. The first kappa shape index (κ1) is 12.9. The Bertz CT molecular complexity index is 420. The van der Waals surface area contributed by atoms with Crippen molar-refractivity contribution in [3.8, 4) is 0 Å². The van der Waals surface area contributed by atoms with Crippen LogP contribution < -0.4 is 16.0 Å². The van der Waals surface area contributed by atoms with Crippen molar-refractivity contribution < 1.29 is 9.53 Å². The number of hydrogen-bond acceptors (Lipinski definition) is 4. The lowest BCUT2D eigenvalue weighted by Gasteiger charge is -2.35. The summed E-state index contributed by atoms with van der Waals surface area (Å²) >= 11 is 0. The number of nitrogens with zero attached hydrogens (tertiary/aromatic N) is 1. The maximum atomic E-state index is 11.4. The molecule has 18 heavy (non-hydrogen) atoms. The molecule has 1 unspecified atom stereocenters. The Hall–Kier alpha value is -1.59. The molecule has 5 nitrogen and oxygen atoms in total. The van der Waals surface area contributed by atoms with Crippen molar-refractivity contribution in [2.75, 3.05) is 38.2 Å². The Labute approximate surface area is 107 Å². The number of anilines is 1. The number of para-hydroxylation sites is 1. The summed E-state index contributed by atoms with van der Waals surface area (Å²) in [5, 5.41) is 3.10. The molecule has 1 fully saturated rings. The van der Waals surface area contributed by atoms with E-state index in [9.17, 15) is 4.79 Å². The Balaban J connectivity index is 2.18.